The number of carbonyl (C=O) groups is 1. The number of piperidine rings is 1. The van der Waals surface area contributed by atoms with Gasteiger partial charge < -0.3 is 19.8 Å². The number of aromatic nitrogens is 3. The average molecular weight is 420 g/mol. The molecular formula is C25H33N5O. The number of imidazole rings is 1. The number of likely N-dealkylation sites (N-methyl/N-ethyl adjacent to an activating group) is 1. The second kappa shape index (κ2) is 8.15. The Morgan fingerprint density at radius 1 is 1.39 bits per heavy atom. The van der Waals surface area contributed by atoms with E-state index in [4.69, 9.17) is 0 Å². The molecule has 1 aliphatic heterocycles. The number of rotatable bonds is 6. The van der Waals surface area contributed by atoms with Crippen molar-refractivity contribution in [3.8, 4) is 0 Å². The topological polar surface area (TPSA) is 66.0 Å². The van der Waals surface area contributed by atoms with Crippen LogP contribution in [0.4, 0.5) is 0 Å². The molecule has 1 aromatic carbocycles. The molecule has 2 aromatic heterocycles. The summed E-state index contributed by atoms with van der Waals surface area (Å²) < 4.78 is 2.46. The largest absolute Gasteiger partial charge is 0.355 e. The summed E-state index contributed by atoms with van der Waals surface area (Å²) in [6, 6.07) is 7.74. The number of hydrogen-bond acceptors (Lipinski definition) is 3. The highest BCUT2D eigenvalue weighted by Gasteiger charge is 2.41. The number of benzene rings is 1. The molecule has 31 heavy (non-hydrogen) atoms. The van der Waals surface area contributed by atoms with Gasteiger partial charge in [-0.2, -0.15) is 0 Å². The van der Waals surface area contributed by atoms with E-state index in [1.807, 2.05) is 6.20 Å². The molecule has 164 valence electrons. The average Bonchev–Trinajstić information content (AvgIpc) is 3.43. The first-order valence-electron chi connectivity index (χ1n) is 11.6. The fraction of sp³-hybridized carbons (Fsp3) is 0.520. The molecule has 2 N–H and O–H groups in total. The second-order valence-corrected chi connectivity index (χ2v) is 9.39. The van der Waals surface area contributed by atoms with Crippen molar-refractivity contribution in [1.29, 1.82) is 0 Å². The van der Waals surface area contributed by atoms with Crippen molar-refractivity contribution >= 4 is 16.8 Å². The molecule has 0 bridgehead atoms. The number of amides is 1. The van der Waals surface area contributed by atoms with Gasteiger partial charge in [0.25, 0.3) is 0 Å². The minimum Gasteiger partial charge on any atom is -0.355 e. The smallest absolute Gasteiger partial charge is 0.224 e. The van der Waals surface area contributed by atoms with Crippen molar-refractivity contribution in [3.63, 3.8) is 0 Å². The molecule has 0 saturated carbocycles. The van der Waals surface area contributed by atoms with E-state index >= 15 is 0 Å². The van der Waals surface area contributed by atoms with Crippen LogP contribution < -0.4 is 5.32 Å². The van der Waals surface area contributed by atoms with Crippen LogP contribution in [-0.2, 0) is 17.6 Å². The summed E-state index contributed by atoms with van der Waals surface area (Å²) >= 11 is 0. The lowest BCUT2D eigenvalue weighted by atomic mass is 9.72. The van der Waals surface area contributed by atoms with Gasteiger partial charge in [0, 0.05) is 67.0 Å². The molecular weight excluding hydrogens is 386 g/mol. The minimum absolute atomic E-state index is 0.0244. The lowest BCUT2D eigenvalue weighted by molar-refractivity contribution is -0.127. The molecule has 6 nitrogen and oxygen atoms in total. The lowest BCUT2D eigenvalue weighted by Crippen LogP contribution is -2.51. The van der Waals surface area contributed by atoms with E-state index in [1.165, 1.54) is 22.0 Å². The van der Waals surface area contributed by atoms with Gasteiger partial charge in [-0.3, -0.25) is 4.79 Å². The number of H-pyrrole nitrogens is 1. The first-order valence-corrected chi connectivity index (χ1v) is 11.6. The molecule has 3 heterocycles. The molecule has 5 rings (SSSR count). The zero-order chi connectivity index (χ0) is 21.5. The molecule has 1 saturated heterocycles. The fourth-order valence-corrected chi connectivity index (χ4v) is 5.71. The van der Waals surface area contributed by atoms with Crippen LogP contribution in [0.1, 0.15) is 55.6 Å². The van der Waals surface area contributed by atoms with E-state index in [9.17, 15) is 4.79 Å². The van der Waals surface area contributed by atoms with Crippen molar-refractivity contribution in [1.82, 2.24) is 24.8 Å². The van der Waals surface area contributed by atoms with Crippen LogP contribution in [0.3, 0.4) is 0 Å². The van der Waals surface area contributed by atoms with Gasteiger partial charge in [-0.15, -0.1) is 0 Å². The van der Waals surface area contributed by atoms with Gasteiger partial charge >= 0.3 is 0 Å². The predicted molar refractivity (Wildman–Crippen MR) is 123 cm³/mol. The van der Waals surface area contributed by atoms with Crippen LogP contribution in [0.2, 0.25) is 0 Å². The SMILES string of the molecule is CCC(C)n1cc2c3c(cccc31)C1C[C@@H](C(=O)NCCc3ncc[nH]3)CN(C)[C@@H]1C2. The number of likely N-dealkylation sites (tertiary alicyclic amines) is 1. The number of nitrogens with zero attached hydrogens (tertiary/aromatic N) is 3. The van der Waals surface area contributed by atoms with Crippen molar-refractivity contribution in [2.75, 3.05) is 20.1 Å². The highest BCUT2D eigenvalue weighted by atomic mass is 16.1. The summed E-state index contributed by atoms with van der Waals surface area (Å²) in [4.78, 5) is 22.8. The van der Waals surface area contributed by atoms with Crippen LogP contribution >= 0.6 is 0 Å². The minimum atomic E-state index is 0.0244. The molecule has 6 heteroatoms. The molecule has 1 fully saturated rings. The monoisotopic (exact) mass is 419 g/mol. The highest BCUT2D eigenvalue weighted by molar-refractivity contribution is 5.89. The Morgan fingerprint density at radius 3 is 3.03 bits per heavy atom. The van der Waals surface area contributed by atoms with E-state index < -0.39 is 0 Å². The Hall–Kier alpha value is -2.60. The van der Waals surface area contributed by atoms with Crippen molar-refractivity contribution < 1.29 is 4.79 Å². The molecule has 4 atom stereocenters. The Morgan fingerprint density at radius 2 is 2.26 bits per heavy atom. The number of hydrogen-bond donors (Lipinski definition) is 2. The van der Waals surface area contributed by atoms with Gasteiger partial charge in [0.2, 0.25) is 5.91 Å². The van der Waals surface area contributed by atoms with Crippen LogP contribution in [-0.4, -0.2) is 51.5 Å². The van der Waals surface area contributed by atoms with E-state index in [-0.39, 0.29) is 11.8 Å². The van der Waals surface area contributed by atoms with E-state index in [0.717, 1.165) is 38.1 Å². The van der Waals surface area contributed by atoms with Crippen molar-refractivity contribution in [2.24, 2.45) is 5.92 Å². The summed E-state index contributed by atoms with van der Waals surface area (Å²) in [5.74, 6) is 1.52. The first kappa shape index (κ1) is 20.3. The molecule has 2 aliphatic rings. The number of nitrogens with one attached hydrogen (secondary N) is 2. The number of carbonyl (C=O) groups excluding carboxylic acids is 1. The van der Waals surface area contributed by atoms with E-state index in [0.29, 0.717) is 24.5 Å². The van der Waals surface area contributed by atoms with E-state index in [2.05, 4.69) is 70.0 Å². The molecule has 1 aliphatic carbocycles. The van der Waals surface area contributed by atoms with Crippen LogP contribution in [0, 0.1) is 5.92 Å². The second-order valence-electron chi connectivity index (χ2n) is 9.39. The molecule has 2 unspecified atom stereocenters. The molecule has 1 amide bonds. The molecule has 3 aromatic rings. The highest BCUT2D eigenvalue weighted by Crippen LogP contribution is 2.45. The fourth-order valence-electron chi connectivity index (χ4n) is 5.71. The third-order valence-corrected chi connectivity index (χ3v) is 7.53. The third-order valence-electron chi connectivity index (χ3n) is 7.53. The van der Waals surface area contributed by atoms with Crippen molar-refractivity contribution in [2.45, 2.75) is 57.5 Å². The Balaban J connectivity index is 1.37. The van der Waals surface area contributed by atoms with Gasteiger partial charge in [0.15, 0.2) is 0 Å². The standard InChI is InChI=1S/C25H33N5O/c1-4-16(2)30-15-17-13-22-20(19-6-5-7-21(30)24(17)19)12-18(14-29(22)3)25(31)28-9-8-23-26-10-11-27-23/h5-7,10-11,15-16,18,20,22H,4,8-9,12-14H2,1-3H3,(H,26,27)(H,28,31)/t16?,18-,20?,22-/m1/s1. The zero-order valence-electron chi connectivity index (χ0n) is 18.8. The van der Waals surface area contributed by atoms with Gasteiger partial charge in [0.1, 0.15) is 5.82 Å². The Labute approximate surface area is 184 Å². The maximum atomic E-state index is 13.0. The van der Waals surface area contributed by atoms with Gasteiger partial charge in [-0.05, 0) is 50.4 Å². The summed E-state index contributed by atoms with van der Waals surface area (Å²) in [7, 11) is 2.19. The lowest BCUT2D eigenvalue weighted by Gasteiger charge is -2.45. The molecule has 0 spiro atoms. The summed E-state index contributed by atoms with van der Waals surface area (Å²) in [5.41, 5.74) is 4.26. The summed E-state index contributed by atoms with van der Waals surface area (Å²) in [6.45, 7) is 6.00. The van der Waals surface area contributed by atoms with Crippen LogP contribution in [0.5, 0.6) is 0 Å². The number of fused-ring (bicyclic) bond motifs is 2. The maximum absolute atomic E-state index is 13.0. The van der Waals surface area contributed by atoms with Crippen LogP contribution in [0.15, 0.2) is 36.8 Å². The normalized spacial score (nSPS) is 24.2. The summed E-state index contributed by atoms with van der Waals surface area (Å²) in [6.07, 6.45) is 9.82. The molecule has 0 radical (unpaired) electrons. The Kier molecular flexibility index (Phi) is 5.34. The van der Waals surface area contributed by atoms with Gasteiger partial charge in [-0.1, -0.05) is 19.1 Å². The first-order chi connectivity index (χ1) is 15.1. The third kappa shape index (κ3) is 3.57. The summed E-state index contributed by atoms with van der Waals surface area (Å²) in [5, 5.41) is 4.59. The predicted octanol–water partition coefficient (Wildman–Crippen LogP) is 3.65. The van der Waals surface area contributed by atoms with Gasteiger partial charge in [-0.25, -0.2) is 4.98 Å². The maximum Gasteiger partial charge on any atom is 0.224 e. The quantitative estimate of drug-likeness (QED) is 0.641. The number of aromatic amines is 1. The van der Waals surface area contributed by atoms with Gasteiger partial charge in [0.05, 0.1) is 5.92 Å². The Bertz CT molecular complexity index is 1070. The van der Waals surface area contributed by atoms with Crippen LogP contribution in [0.25, 0.3) is 10.9 Å². The zero-order valence-corrected chi connectivity index (χ0v) is 18.8. The van der Waals surface area contributed by atoms with E-state index in [1.54, 1.807) is 6.20 Å². The van der Waals surface area contributed by atoms with Crippen molar-refractivity contribution in [3.05, 3.63) is 53.7 Å².